The fourth-order valence-electron chi connectivity index (χ4n) is 0.587. The van der Waals surface area contributed by atoms with Crippen LogP contribution in [0.5, 0.6) is 0 Å². The molecule has 1 heterocycles. The van der Waals surface area contributed by atoms with E-state index in [1.54, 1.807) is 0 Å². The summed E-state index contributed by atoms with van der Waals surface area (Å²) in [6, 6.07) is 0. The largest absolute Gasteiger partial charge is 0.421 e. The van der Waals surface area contributed by atoms with Gasteiger partial charge in [-0.25, -0.2) is 4.79 Å². The van der Waals surface area contributed by atoms with Crippen molar-refractivity contribution in [3.8, 4) is 0 Å². The smallest absolute Gasteiger partial charge is 0.338 e. The van der Waals surface area contributed by atoms with E-state index in [2.05, 4.69) is 4.74 Å². The summed E-state index contributed by atoms with van der Waals surface area (Å²) in [6.45, 7) is 0. The fourth-order valence-corrected chi connectivity index (χ4v) is 0.587. The minimum Gasteiger partial charge on any atom is -0.421 e. The summed E-state index contributed by atoms with van der Waals surface area (Å²) in [7, 11) is 0. The Bertz CT molecular complexity index is 239. The second-order valence-electron chi connectivity index (χ2n) is 1.69. The zero-order chi connectivity index (χ0) is 7.56. The van der Waals surface area contributed by atoms with Gasteiger partial charge in [0.15, 0.2) is 5.76 Å². The SMILES string of the molecule is NC1=CC(=O)OC1=CC=O. The second kappa shape index (κ2) is 2.34. The molecule has 0 bridgehead atoms. The number of allylic oxidation sites excluding steroid dienone is 1. The maximum Gasteiger partial charge on any atom is 0.338 e. The van der Waals surface area contributed by atoms with Crippen LogP contribution in [0.15, 0.2) is 23.6 Å². The molecule has 4 nitrogen and oxygen atoms in total. The quantitative estimate of drug-likeness (QED) is 0.301. The maximum atomic E-state index is 10.4. The molecule has 0 aromatic carbocycles. The highest BCUT2D eigenvalue weighted by Crippen LogP contribution is 2.12. The summed E-state index contributed by atoms with van der Waals surface area (Å²) in [5, 5.41) is 0. The predicted molar refractivity (Wildman–Crippen MR) is 32.5 cm³/mol. The molecule has 0 saturated heterocycles. The van der Waals surface area contributed by atoms with Crippen molar-refractivity contribution in [1.82, 2.24) is 0 Å². The molecule has 0 fully saturated rings. The summed E-state index contributed by atoms with van der Waals surface area (Å²) in [5.74, 6) is -0.411. The van der Waals surface area contributed by atoms with Gasteiger partial charge in [-0.3, -0.25) is 4.79 Å². The molecular formula is C6H5NO3. The summed E-state index contributed by atoms with van der Waals surface area (Å²) in [4.78, 5) is 20.3. The molecule has 0 amide bonds. The number of nitrogens with two attached hydrogens (primary N) is 1. The molecule has 0 saturated carbocycles. The number of esters is 1. The van der Waals surface area contributed by atoms with Crippen molar-refractivity contribution in [3.63, 3.8) is 0 Å². The van der Waals surface area contributed by atoms with Gasteiger partial charge >= 0.3 is 5.97 Å². The van der Waals surface area contributed by atoms with Crippen molar-refractivity contribution in [2.45, 2.75) is 0 Å². The van der Waals surface area contributed by atoms with Gasteiger partial charge < -0.3 is 10.5 Å². The minimum atomic E-state index is -0.536. The first kappa shape index (κ1) is 6.54. The second-order valence-corrected chi connectivity index (χ2v) is 1.69. The predicted octanol–water partition coefficient (Wildman–Crippen LogP) is -0.531. The van der Waals surface area contributed by atoms with E-state index < -0.39 is 5.97 Å². The van der Waals surface area contributed by atoms with Crippen molar-refractivity contribution in [1.29, 1.82) is 0 Å². The lowest BCUT2D eigenvalue weighted by molar-refractivity contribution is -0.132. The summed E-state index contributed by atoms with van der Waals surface area (Å²) < 4.78 is 4.49. The third kappa shape index (κ3) is 1.05. The van der Waals surface area contributed by atoms with E-state index >= 15 is 0 Å². The Labute approximate surface area is 57.0 Å². The van der Waals surface area contributed by atoms with E-state index in [4.69, 9.17) is 5.73 Å². The molecule has 0 aromatic heterocycles. The van der Waals surface area contributed by atoms with Crippen molar-refractivity contribution < 1.29 is 14.3 Å². The van der Waals surface area contributed by atoms with E-state index in [0.717, 1.165) is 12.2 Å². The number of cyclic esters (lactones) is 1. The van der Waals surface area contributed by atoms with Crippen molar-refractivity contribution >= 4 is 12.3 Å². The van der Waals surface area contributed by atoms with Gasteiger partial charge in [0.05, 0.1) is 11.8 Å². The Balaban J connectivity index is 2.87. The highest BCUT2D eigenvalue weighted by atomic mass is 16.5. The van der Waals surface area contributed by atoms with Crippen LogP contribution in [0.4, 0.5) is 0 Å². The van der Waals surface area contributed by atoms with E-state index in [9.17, 15) is 9.59 Å². The molecule has 1 aliphatic rings. The van der Waals surface area contributed by atoms with Crippen molar-refractivity contribution in [3.05, 3.63) is 23.6 Å². The van der Waals surface area contributed by atoms with Crippen LogP contribution >= 0.6 is 0 Å². The molecule has 52 valence electrons. The van der Waals surface area contributed by atoms with Gasteiger partial charge in [-0.05, 0) is 0 Å². The summed E-state index contributed by atoms with van der Waals surface area (Å²) in [5.41, 5.74) is 5.44. The van der Waals surface area contributed by atoms with Gasteiger partial charge in [0, 0.05) is 6.08 Å². The number of carbonyl (C=O) groups is 2. The third-order valence-electron chi connectivity index (χ3n) is 0.988. The lowest BCUT2D eigenvalue weighted by atomic mass is 10.4. The first-order chi connectivity index (χ1) is 4.74. The summed E-state index contributed by atoms with van der Waals surface area (Å²) in [6.07, 6.45) is 2.72. The molecule has 2 N–H and O–H groups in total. The maximum absolute atomic E-state index is 10.4. The van der Waals surface area contributed by atoms with Crippen LogP contribution < -0.4 is 5.73 Å². The minimum absolute atomic E-state index is 0.125. The average Bonchev–Trinajstić information content (AvgIpc) is 2.13. The van der Waals surface area contributed by atoms with Gasteiger partial charge in [-0.2, -0.15) is 0 Å². The number of ether oxygens (including phenoxy) is 1. The van der Waals surface area contributed by atoms with E-state index in [1.165, 1.54) is 0 Å². The number of carbonyl (C=O) groups excluding carboxylic acids is 2. The molecule has 0 aliphatic carbocycles. The lowest BCUT2D eigenvalue weighted by Crippen LogP contribution is -1.97. The Morgan fingerprint density at radius 3 is 2.70 bits per heavy atom. The van der Waals surface area contributed by atoms with Crippen molar-refractivity contribution in [2.75, 3.05) is 0 Å². The van der Waals surface area contributed by atoms with Crippen LogP contribution in [-0.2, 0) is 14.3 Å². The number of hydrogen-bond donors (Lipinski definition) is 1. The monoisotopic (exact) mass is 139 g/mol. The first-order valence-corrected chi connectivity index (χ1v) is 2.59. The zero-order valence-electron chi connectivity index (χ0n) is 5.03. The Kier molecular flexibility index (Phi) is 1.53. The van der Waals surface area contributed by atoms with Gasteiger partial charge in [-0.1, -0.05) is 0 Å². The molecule has 1 aliphatic heterocycles. The molecule has 0 aromatic rings. The Morgan fingerprint density at radius 2 is 2.30 bits per heavy atom. The molecule has 0 spiro atoms. The Morgan fingerprint density at radius 1 is 1.60 bits per heavy atom. The molecule has 0 atom stereocenters. The van der Waals surface area contributed by atoms with Crippen LogP contribution in [0.1, 0.15) is 0 Å². The van der Waals surface area contributed by atoms with Crippen LogP contribution in [0, 0.1) is 0 Å². The highest BCUT2D eigenvalue weighted by Gasteiger charge is 2.15. The molecule has 4 heteroatoms. The van der Waals surface area contributed by atoms with Gasteiger partial charge in [0.25, 0.3) is 0 Å². The van der Waals surface area contributed by atoms with Crippen LogP contribution in [-0.4, -0.2) is 12.3 Å². The molecule has 0 radical (unpaired) electrons. The van der Waals surface area contributed by atoms with Gasteiger partial charge in [-0.15, -0.1) is 0 Å². The molecule has 0 unspecified atom stereocenters. The third-order valence-corrected chi connectivity index (χ3v) is 0.988. The fraction of sp³-hybridized carbons (Fsp3) is 0. The lowest BCUT2D eigenvalue weighted by Gasteiger charge is -1.93. The summed E-state index contributed by atoms with van der Waals surface area (Å²) >= 11 is 0. The topological polar surface area (TPSA) is 69.4 Å². The van der Waals surface area contributed by atoms with Crippen LogP contribution in [0.3, 0.4) is 0 Å². The zero-order valence-corrected chi connectivity index (χ0v) is 5.03. The van der Waals surface area contributed by atoms with Gasteiger partial charge in [0.2, 0.25) is 0 Å². The molecular weight excluding hydrogens is 134 g/mol. The number of aldehydes is 1. The normalized spacial score (nSPS) is 20.6. The Hall–Kier alpha value is -1.58. The number of rotatable bonds is 1. The molecule has 10 heavy (non-hydrogen) atoms. The molecule has 1 rings (SSSR count). The van der Waals surface area contributed by atoms with E-state index in [-0.39, 0.29) is 11.5 Å². The van der Waals surface area contributed by atoms with Crippen LogP contribution in [0.2, 0.25) is 0 Å². The van der Waals surface area contributed by atoms with E-state index in [1.807, 2.05) is 0 Å². The van der Waals surface area contributed by atoms with Crippen molar-refractivity contribution in [2.24, 2.45) is 5.73 Å². The highest BCUT2D eigenvalue weighted by molar-refractivity contribution is 5.89. The standard InChI is InChI=1S/C6H5NO3/c7-4-3-6(9)10-5(4)1-2-8/h1-3H,7H2. The van der Waals surface area contributed by atoms with E-state index in [0.29, 0.717) is 6.29 Å². The average molecular weight is 139 g/mol. The number of hydrogen-bond acceptors (Lipinski definition) is 4. The van der Waals surface area contributed by atoms with Crippen LogP contribution in [0.25, 0.3) is 0 Å². The van der Waals surface area contributed by atoms with Gasteiger partial charge in [0.1, 0.15) is 6.29 Å². The first-order valence-electron chi connectivity index (χ1n) is 2.59.